The molecule has 0 saturated carbocycles. The molecule has 112 valence electrons. The third kappa shape index (κ3) is 1.97. The third-order valence-corrected chi connectivity index (χ3v) is 4.33. The van der Waals surface area contributed by atoms with Gasteiger partial charge in [0.1, 0.15) is 22.4 Å². The number of ether oxygens (including phenoxy) is 1. The number of rotatable bonds is 2. The van der Waals surface area contributed by atoms with Crippen molar-refractivity contribution in [1.82, 2.24) is 14.5 Å². The van der Waals surface area contributed by atoms with E-state index in [2.05, 4.69) is 20.6 Å². The molecule has 4 rings (SSSR count). The Labute approximate surface area is 127 Å². The summed E-state index contributed by atoms with van der Waals surface area (Å²) in [5, 5.41) is 8.78. The molecule has 6 heteroatoms. The molecule has 1 aliphatic rings. The monoisotopic (exact) mass is 296 g/mol. The predicted molar refractivity (Wildman–Crippen MR) is 80.3 cm³/mol. The van der Waals surface area contributed by atoms with Crippen LogP contribution in [0.2, 0.25) is 0 Å². The van der Waals surface area contributed by atoms with Gasteiger partial charge >= 0.3 is 0 Å². The number of pyridine rings is 1. The van der Waals surface area contributed by atoms with E-state index in [1.54, 1.807) is 12.5 Å². The van der Waals surface area contributed by atoms with Gasteiger partial charge in [0.25, 0.3) is 0 Å². The van der Waals surface area contributed by atoms with Crippen LogP contribution in [0.4, 0.5) is 0 Å². The zero-order valence-corrected chi connectivity index (χ0v) is 12.3. The summed E-state index contributed by atoms with van der Waals surface area (Å²) in [5.74, 6) is 0.938. The zero-order valence-electron chi connectivity index (χ0n) is 12.3. The Morgan fingerprint density at radius 1 is 1.41 bits per heavy atom. The van der Waals surface area contributed by atoms with Crippen LogP contribution in [0, 0.1) is 18.3 Å². The molecule has 0 unspecified atom stereocenters. The topological polar surface area (TPSA) is 76.9 Å². The molecule has 0 aliphatic carbocycles. The first kappa shape index (κ1) is 13.3. The maximum atomic E-state index is 8.78. The average Bonchev–Trinajstić information content (AvgIpc) is 3.11. The van der Waals surface area contributed by atoms with Gasteiger partial charge in [-0.3, -0.25) is 4.98 Å². The smallest absolute Gasteiger partial charge is 0.178 e. The molecule has 22 heavy (non-hydrogen) atoms. The van der Waals surface area contributed by atoms with Crippen molar-refractivity contribution < 1.29 is 9.15 Å². The lowest BCUT2D eigenvalue weighted by molar-refractivity contribution is -0.00807. The molecule has 0 bridgehead atoms. The second kappa shape index (κ2) is 5.11. The van der Waals surface area contributed by atoms with Crippen LogP contribution in [-0.2, 0) is 4.74 Å². The van der Waals surface area contributed by atoms with E-state index in [0.29, 0.717) is 13.0 Å². The predicted octanol–water partition coefficient (Wildman–Crippen LogP) is 3.12. The molecule has 1 aliphatic heterocycles. The van der Waals surface area contributed by atoms with Crippen molar-refractivity contribution in [2.24, 2.45) is 0 Å². The van der Waals surface area contributed by atoms with Gasteiger partial charge in [-0.25, -0.2) is 4.98 Å². The van der Waals surface area contributed by atoms with Crippen molar-refractivity contribution >= 4 is 22.1 Å². The van der Waals surface area contributed by atoms with Crippen molar-refractivity contribution in [3.63, 3.8) is 0 Å². The fourth-order valence-corrected chi connectivity index (χ4v) is 3.30. The second-order valence-electron chi connectivity index (χ2n) is 5.70. The van der Waals surface area contributed by atoms with Crippen LogP contribution in [0.5, 0.6) is 0 Å². The van der Waals surface area contributed by atoms with E-state index >= 15 is 0 Å². The van der Waals surface area contributed by atoms with Gasteiger partial charge in [0, 0.05) is 6.07 Å². The Morgan fingerprint density at radius 3 is 3.09 bits per heavy atom. The number of nitriles is 1. The minimum atomic E-state index is 0.0571. The fourth-order valence-electron chi connectivity index (χ4n) is 3.30. The normalized spacial score (nSPS) is 22.2. The lowest BCUT2D eigenvalue weighted by Crippen LogP contribution is -2.28. The highest BCUT2D eigenvalue weighted by molar-refractivity contribution is 5.98. The number of aromatic nitrogens is 3. The van der Waals surface area contributed by atoms with Gasteiger partial charge in [-0.1, -0.05) is 0 Å². The van der Waals surface area contributed by atoms with E-state index in [-0.39, 0.29) is 12.1 Å². The molecular weight excluding hydrogens is 280 g/mol. The SMILES string of the molecule is Cc1nc2cnc3ccoc3c2n1[C@H]1CC[C@@H](CC#N)OC1. The Bertz CT molecular complexity index is 865. The maximum absolute atomic E-state index is 8.78. The lowest BCUT2D eigenvalue weighted by atomic mass is 10.0. The van der Waals surface area contributed by atoms with Gasteiger partial charge in [0.2, 0.25) is 0 Å². The molecule has 4 heterocycles. The highest BCUT2D eigenvalue weighted by Gasteiger charge is 2.26. The van der Waals surface area contributed by atoms with E-state index in [1.807, 2.05) is 13.0 Å². The molecule has 0 radical (unpaired) electrons. The summed E-state index contributed by atoms with van der Waals surface area (Å²) in [6.07, 6.45) is 5.83. The van der Waals surface area contributed by atoms with Crippen LogP contribution in [0.25, 0.3) is 22.1 Å². The number of aryl methyl sites for hydroxylation is 1. The van der Waals surface area contributed by atoms with E-state index in [4.69, 9.17) is 14.4 Å². The molecule has 0 spiro atoms. The first-order chi connectivity index (χ1) is 10.8. The summed E-state index contributed by atoms with van der Waals surface area (Å²) in [7, 11) is 0. The molecule has 0 aromatic carbocycles. The van der Waals surface area contributed by atoms with Crippen LogP contribution in [0.3, 0.4) is 0 Å². The van der Waals surface area contributed by atoms with Crippen LogP contribution in [-0.4, -0.2) is 27.2 Å². The third-order valence-electron chi connectivity index (χ3n) is 4.33. The van der Waals surface area contributed by atoms with Crippen molar-refractivity contribution in [3.8, 4) is 6.07 Å². The number of hydrogen-bond acceptors (Lipinski definition) is 5. The summed E-state index contributed by atoms with van der Waals surface area (Å²) in [5.41, 5.74) is 3.45. The largest absolute Gasteiger partial charge is 0.460 e. The lowest BCUT2D eigenvalue weighted by Gasteiger charge is -2.29. The number of fused-ring (bicyclic) bond motifs is 3. The van der Waals surface area contributed by atoms with E-state index in [1.165, 1.54) is 0 Å². The van der Waals surface area contributed by atoms with Crippen LogP contribution in [0.1, 0.15) is 31.1 Å². The summed E-state index contributed by atoms with van der Waals surface area (Å²) in [4.78, 5) is 8.97. The highest BCUT2D eigenvalue weighted by Crippen LogP contribution is 2.32. The summed E-state index contributed by atoms with van der Waals surface area (Å²) >= 11 is 0. The Hall–Kier alpha value is -2.39. The summed E-state index contributed by atoms with van der Waals surface area (Å²) < 4.78 is 13.7. The first-order valence-corrected chi connectivity index (χ1v) is 7.47. The summed E-state index contributed by atoms with van der Waals surface area (Å²) in [6.45, 7) is 2.60. The number of furan rings is 1. The van der Waals surface area contributed by atoms with Crippen molar-refractivity contribution in [3.05, 3.63) is 24.4 Å². The quantitative estimate of drug-likeness (QED) is 0.726. The molecule has 6 nitrogen and oxygen atoms in total. The molecule has 1 saturated heterocycles. The Kier molecular flexibility index (Phi) is 3.09. The van der Waals surface area contributed by atoms with Crippen LogP contribution in [0.15, 0.2) is 22.9 Å². The molecule has 0 amide bonds. The van der Waals surface area contributed by atoms with Crippen LogP contribution < -0.4 is 0 Å². The maximum Gasteiger partial charge on any atom is 0.178 e. The van der Waals surface area contributed by atoms with Crippen molar-refractivity contribution in [2.75, 3.05) is 6.61 Å². The molecule has 0 N–H and O–H groups in total. The van der Waals surface area contributed by atoms with Gasteiger partial charge in [0.05, 0.1) is 43.7 Å². The van der Waals surface area contributed by atoms with Gasteiger partial charge in [-0.05, 0) is 19.8 Å². The standard InChI is InChI=1S/C16H16N4O2/c1-10-19-14-8-18-13-5-7-21-16(13)15(14)20(10)11-2-3-12(4-6-17)22-9-11/h5,7-8,11-12H,2-4,9H2,1H3/t11-,12-/m0/s1. The highest BCUT2D eigenvalue weighted by atomic mass is 16.5. The fraction of sp³-hybridized carbons (Fsp3) is 0.438. The number of imidazole rings is 1. The average molecular weight is 296 g/mol. The van der Waals surface area contributed by atoms with E-state index in [0.717, 1.165) is 40.8 Å². The molecule has 2 atom stereocenters. The molecular formula is C16H16N4O2. The Balaban J connectivity index is 1.77. The van der Waals surface area contributed by atoms with Gasteiger partial charge in [-0.2, -0.15) is 5.26 Å². The Morgan fingerprint density at radius 2 is 2.32 bits per heavy atom. The minimum absolute atomic E-state index is 0.0571. The van der Waals surface area contributed by atoms with Gasteiger partial charge in [-0.15, -0.1) is 0 Å². The van der Waals surface area contributed by atoms with Gasteiger partial charge in [0.15, 0.2) is 5.58 Å². The molecule has 3 aromatic heterocycles. The van der Waals surface area contributed by atoms with E-state index in [9.17, 15) is 0 Å². The van der Waals surface area contributed by atoms with E-state index < -0.39 is 0 Å². The molecule has 1 fully saturated rings. The van der Waals surface area contributed by atoms with Crippen LogP contribution >= 0.6 is 0 Å². The first-order valence-electron chi connectivity index (χ1n) is 7.47. The van der Waals surface area contributed by atoms with Crippen molar-refractivity contribution in [2.45, 2.75) is 38.3 Å². The number of hydrogen-bond donors (Lipinski definition) is 0. The minimum Gasteiger partial charge on any atom is -0.460 e. The zero-order chi connectivity index (χ0) is 15.1. The number of nitrogens with zero attached hydrogens (tertiary/aromatic N) is 4. The van der Waals surface area contributed by atoms with Crippen molar-refractivity contribution in [1.29, 1.82) is 5.26 Å². The summed E-state index contributed by atoms with van der Waals surface area (Å²) in [6, 6.07) is 4.26. The van der Waals surface area contributed by atoms with Gasteiger partial charge < -0.3 is 13.7 Å². The second-order valence-corrected chi connectivity index (χ2v) is 5.70. The molecule has 3 aromatic rings.